The number of aromatic nitrogens is 2. The number of thiophene rings is 1. The highest BCUT2D eigenvalue weighted by Gasteiger charge is 2.29. The molecule has 1 aliphatic rings. The van der Waals surface area contributed by atoms with Crippen molar-refractivity contribution in [3.8, 4) is 0 Å². The smallest absolute Gasteiger partial charge is 0.341 e. The van der Waals surface area contributed by atoms with Gasteiger partial charge in [0.15, 0.2) is 0 Å². The van der Waals surface area contributed by atoms with E-state index in [1.165, 1.54) is 16.0 Å². The van der Waals surface area contributed by atoms with Gasteiger partial charge in [-0.3, -0.25) is 19.6 Å². The largest absolute Gasteiger partial charge is 0.462 e. The lowest BCUT2D eigenvalue weighted by Gasteiger charge is -2.14. The maximum absolute atomic E-state index is 12.9. The van der Waals surface area contributed by atoms with Crippen molar-refractivity contribution in [2.45, 2.75) is 59.9 Å². The van der Waals surface area contributed by atoms with Crippen LogP contribution in [0.15, 0.2) is 0 Å². The highest BCUT2D eigenvalue weighted by Crippen LogP contribution is 2.38. The molecule has 0 aromatic carbocycles. The molecule has 1 atom stereocenters. The molecule has 0 radical (unpaired) electrons. The zero-order valence-electron chi connectivity index (χ0n) is 17.6. The summed E-state index contributed by atoms with van der Waals surface area (Å²) in [7, 11) is 0. The quantitative estimate of drug-likeness (QED) is 0.402. The molecule has 0 saturated carbocycles. The van der Waals surface area contributed by atoms with Crippen LogP contribution in [0.4, 0.5) is 10.7 Å². The molecule has 1 amide bonds. The van der Waals surface area contributed by atoms with Crippen LogP contribution in [0.2, 0.25) is 0 Å². The number of hydrogen-bond acceptors (Lipinski definition) is 7. The normalized spacial score (nSPS) is 14.1. The Morgan fingerprint density at radius 1 is 1.33 bits per heavy atom. The lowest BCUT2D eigenvalue weighted by molar-refractivity contribution is -0.386. The van der Waals surface area contributed by atoms with E-state index in [2.05, 4.69) is 10.4 Å². The van der Waals surface area contributed by atoms with Gasteiger partial charge in [-0.1, -0.05) is 6.92 Å². The lowest BCUT2D eigenvalue weighted by atomic mass is 9.95. The fraction of sp³-hybridized carbons (Fsp3) is 0.550. The summed E-state index contributed by atoms with van der Waals surface area (Å²) < 4.78 is 6.71. The van der Waals surface area contributed by atoms with Gasteiger partial charge in [0.2, 0.25) is 5.91 Å². The second-order valence-corrected chi connectivity index (χ2v) is 8.59. The van der Waals surface area contributed by atoms with Crippen molar-refractivity contribution < 1.29 is 19.2 Å². The van der Waals surface area contributed by atoms with Crippen molar-refractivity contribution >= 4 is 33.9 Å². The van der Waals surface area contributed by atoms with E-state index in [1.54, 1.807) is 27.7 Å². The number of carbonyl (C=O) groups excluding carboxylic acids is 2. The Labute approximate surface area is 178 Å². The minimum absolute atomic E-state index is 0.0295. The van der Waals surface area contributed by atoms with E-state index in [4.69, 9.17) is 4.74 Å². The van der Waals surface area contributed by atoms with Crippen LogP contribution in [-0.2, 0) is 28.9 Å². The van der Waals surface area contributed by atoms with Crippen LogP contribution in [0.3, 0.4) is 0 Å². The summed E-state index contributed by atoms with van der Waals surface area (Å²) in [6, 6.07) is 0. The molecule has 30 heavy (non-hydrogen) atoms. The molecule has 0 bridgehead atoms. The Balaban J connectivity index is 1.80. The number of aryl methyl sites for hydroxylation is 2. The summed E-state index contributed by atoms with van der Waals surface area (Å²) in [4.78, 5) is 37.3. The highest BCUT2D eigenvalue weighted by molar-refractivity contribution is 7.17. The molecule has 162 valence electrons. The van der Waals surface area contributed by atoms with Gasteiger partial charge < -0.3 is 10.1 Å². The van der Waals surface area contributed by atoms with Crippen molar-refractivity contribution in [1.29, 1.82) is 0 Å². The molecule has 1 unspecified atom stereocenters. The maximum Gasteiger partial charge on any atom is 0.341 e. The summed E-state index contributed by atoms with van der Waals surface area (Å²) >= 11 is 1.44. The van der Waals surface area contributed by atoms with E-state index in [9.17, 15) is 19.7 Å². The molecule has 2 heterocycles. The van der Waals surface area contributed by atoms with Gasteiger partial charge in [-0.15, -0.1) is 11.3 Å². The number of ether oxygens (including phenoxy) is 1. The lowest BCUT2D eigenvalue weighted by Crippen LogP contribution is -2.26. The van der Waals surface area contributed by atoms with Crippen LogP contribution >= 0.6 is 11.3 Å². The molecule has 0 spiro atoms. The molecule has 0 saturated heterocycles. The predicted octanol–water partition coefficient (Wildman–Crippen LogP) is 3.80. The van der Waals surface area contributed by atoms with Gasteiger partial charge in [-0.25, -0.2) is 4.79 Å². The van der Waals surface area contributed by atoms with Gasteiger partial charge >= 0.3 is 11.7 Å². The standard InChI is InChI=1S/C20H26N4O5S/c1-5-29-20(26)16-14-8-6-7-9-15(14)30-19(16)21-18(25)11(2)10-23-13(4)17(24(27)28)12(3)22-23/h11H,5-10H2,1-4H3,(H,21,25). The molecule has 2 aromatic rings. The molecule has 3 rings (SSSR count). The summed E-state index contributed by atoms with van der Waals surface area (Å²) in [5.74, 6) is -1.18. The number of anilines is 1. The molecule has 0 aliphatic heterocycles. The van der Waals surface area contributed by atoms with E-state index in [0.717, 1.165) is 36.1 Å². The van der Waals surface area contributed by atoms with Crippen LogP contribution < -0.4 is 5.32 Å². The third-order valence-electron chi connectivity index (χ3n) is 5.31. The predicted molar refractivity (Wildman–Crippen MR) is 113 cm³/mol. The monoisotopic (exact) mass is 434 g/mol. The van der Waals surface area contributed by atoms with Gasteiger partial charge in [0.25, 0.3) is 0 Å². The van der Waals surface area contributed by atoms with E-state index in [-0.39, 0.29) is 24.7 Å². The Morgan fingerprint density at radius 2 is 2.03 bits per heavy atom. The number of amides is 1. The first-order chi connectivity index (χ1) is 14.2. The molecule has 9 nitrogen and oxygen atoms in total. The molecule has 10 heteroatoms. The van der Waals surface area contributed by atoms with Gasteiger partial charge in [-0.05, 0) is 52.0 Å². The number of rotatable bonds is 7. The first-order valence-electron chi connectivity index (χ1n) is 10.0. The number of esters is 1. The molecule has 2 aromatic heterocycles. The van der Waals surface area contributed by atoms with Gasteiger partial charge in [0, 0.05) is 4.88 Å². The van der Waals surface area contributed by atoms with Crippen LogP contribution in [0.5, 0.6) is 0 Å². The average molecular weight is 435 g/mol. The van der Waals surface area contributed by atoms with Crippen molar-refractivity contribution in [2.75, 3.05) is 11.9 Å². The molecular weight excluding hydrogens is 408 g/mol. The average Bonchev–Trinajstić information content (AvgIpc) is 3.18. The Kier molecular flexibility index (Phi) is 6.55. The molecular formula is C20H26N4O5S. The first-order valence-corrected chi connectivity index (χ1v) is 10.9. The van der Waals surface area contributed by atoms with Crippen LogP contribution in [0, 0.1) is 29.9 Å². The minimum atomic E-state index is -0.503. The number of fused-ring (bicyclic) bond motifs is 1. The second kappa shape index (κ2) is 8.95. The SMILES string of the molecule is CCOC(=O)c1c(NC(=O)C(C)Cn2nc(C)c([N+](=O)[O-])c2C)sc2c1CCCC2. The maximum atomic E-state index is 12.9. The number of nitrogens with zero attached hydrogens (tertiary/aromatic N) is 3. The summed E-state index contributed by atoms with van der Waals surface area (Å²) in [5.41, 5.74) is 2.16. The number of nitrogens with one attached hydrogen (secondary N) is 1. The second-order valence-electron chi connectivity index (χ2n) is 7.48. The van der Waals surface area contributed by atoms with Gasteiger partial charge in [-0.2, -0.15) is 5.10 Å². The van der Waals surface area contributed by atoms with Crippen molar-refractivity contribution in [3.63, 3.8) is 0 Å². The summed E-state index contributed by atoms with van der Waals surface area (Å²) in [6.07, 6.45) is 3.78. The molecule has 0 fully saturated rings. The number of hydrogen-bond donors (Lipinski definition) is 1. The van der Waals surface area contributed by atoms with E-state index >= 15 is 0 Å². The highest BCUT2D eigenvalue weighted by atomic mass is 32.1. The van der Waals surface area contributed by atoms with Crippen molar-refractivity contribution in [1.82, 2.24) is 9.78 Å². The van der Waals surface area contributed by atoms with E-state index in [0.29, 0.717) is 22.0 Å². The summed E-state index contributed by atoms with van der Waals surface area (Å²) in [5, 5.41) is 18.8. The number of nitro groups is 1. The Morgan fingerprint density at radius 3 is 2.67 bits per heavy atom. The Hall–Kier alpha value is -2.75. The Bertz CT molecular complexity index is 994. The number of carbonyl (C=O) groups is 2. The van der Waals surface area contributed by atoms with E-state index < -0.39 is 16.8 Å². The summed E-state index contributed by atoms with van der Waals surface area (Å²) in [6.45, 7) is 7.15. The van der Waals surface area contributed by atoms with Crippen LogP contribution in [-0.4, -0.2) is 33.2 Å². The fourth-order valence-electron chi connectivity index (χ4n) is 3.78. The minimum Gasteiger partial charge on any atom is -0.462 e. The first kappa shape index (κ1) is 21.9. The van der Waals surface area contributed by atoms with Crippen LogP contribution in [0.25, 0.3) is 0 Å². The van der Waals surface area contributed by atoms with Crippen LogP contribution in [0.1, 0.15) is 58.9 Å². The topological polar surface area (TPSA) is 116 Å². The third-order valence-corrected chi connectivity index (χ3v) is 6.52. The van der Waals surface area contributed by atoms with E-state index in [1.807, 2.05) is 0 Å². The molecule has 1 N–H and O–H groups in total. The van der Waals surface area contributed by atoms with Crippen molar-refractivity contribution in [2.24, 2.45) is 5.92 Å². The third kappa shape index (κ3) is 4.23. The fourth-order valence-corrected chi connectivity index (χ4v) is 5.06. The zero-order valence-corrected chi connectivity index (χ0v) is 18.4. The van der Waals surface area contributed by atoms with Gasteiger partial charge in [0.05, 0.1) is 29.6 Å². The van der Waals surface area contributed by atoms with Crippen molar-refractivity contribution in [3.05, 3.63) is 37.5 Å². The molecule has 1 aliphatic carbocycles. The van der Waals surface area contributed by atoms with Gasteiger partial charge in [0.1, 0.15) is 16.4 Å². The zero-order chi connectivity index (χ0) is 22.0.